The van der Waals surface area contributed by atoms with Gasteiger partial charge in [0.05, 0.1) is 0 Å². The normalized spacial score (nSPS) is 17.5. The lowest BCUT2D eigenvalue weighted by molar-refractivity contribution is 0.0526. The van der Waals surface area contributed by atoms with Gasteiger partial charge in [0.2, 0.25) is 0 Å². The number of alkyl carbamates (subject to hydrolysis) is 1. The van der Waals surface area contributed by atoms with Crippen molar-refractivity contribution < 1.29 is 9.53 Å². The van der Waals surface area contributed by atoms with Crippen LogP contribution in [-0.2, 0) is 4.74 Å². The van der Waals surface area contributed by atoms with Crippen LogP contribution in [0.3, 0.4) is 0 Å². The second-order valence-electron chi connectivity index (χ2n) is 6.04. The number of unbranched alkanes of at least 4 members (excludes halogenated alkanes) is 1. The fourth-order valence-electron chi connectivity index (χ4n) is 2.15. The number of amides is 1. The highest BCUT2D eigenvalue weighted by Crippen LogP contribution is 2.09. The molecule has 106 valence electrons. The van der Waals surface area contributed by atoms with E-state index >= 15 is 0 Å². The predicted octanol–water partition coefficient (Wildman–Crippen LogP) is 2.78. The molecule has 1 saturated heterocycles. The van der Waals surface area contributed by atoms with E-state index in [2.05, 4.69) is 10.2 Å². The number of likely N-dealkylation sites (tertiary alicyclic amines) is 1. The van der Waals surface area contributed by atoms with Gasteiger partial charge in [-0.25, -0.2) is 4.79 Å². The molecule has 0 unspecified atom stereocenters. The first-order chi connectivity index (χ1) is 8.47. The van der Waals surface area contributed by atoms with Gasteiger partial charge < -0.3 is 15.0 Å². The molecule has 1 rings (SSSR count). The van der Waals surface area contributed by atoms with Crippen LogP contribution in [0.2, 0.25) is 0 Å². The van der Waals surface area contributed by atoms with Gasteiger partial charge in [0.25, 0.3) is 0 Å². The molecule has 0 radical (unpaired) electrons. The summed E-state index contributed by atoms with van der Waals surface area (Å²) in [6.07, 6.45) is 5.94. The second-order valence-corrected chi connectivity index (χ2v) is 6.04. The first kappa shape index (κ1) is 15.3. The molecule has 0 bridgehead atoms. The molecule has 0 saturated carbocycles. The monoisotopic (exact) mass is 256 g/mol. The van der Waals surface area contributed by atoms with E-state index in [-0.39, 0.29) is 6.09 Å². The third-order valence-electron chi connectivity index (χ3n) is 3.02. The smallest absolute Gasteiger partial charge is 0.407 e. The number of piperidine rings is 1. The maximum atomic E-state index is 11.4. The molecule has 1 N–H and O–H groups in total. The zero-order chi connectivity index (χ0) is 13.4. The Hall–Kier alpha value is -0.770. The van der Waals surface area contributed by atoms with E-state index in [0.717, 1.165) is 19.4 Å². The Kier molecular flexibility index (Phi) is 6.47. The number of carbonyl (C=O) groups is 1. The number of nitrogens with one attached hydrogen (secondary N) is 1. The van der Waals surface area contributed by atoms with Gasteiger partial charge in [0.1, 0.15) is 5.60 Å². The van der Waals surface area contributed by atoms with Crippen LogP contribution in [0.1, 0.15) is 52.9 Å². The van der Waals surface area contributed by atoms with Crippen LogP contribution < -0.4 is 5.32 Å². The van der Waals surface area contributed by atoms with Gasteiger partial charge in [-0.15, -0.1) is 0 Å². The topological polar surface area (TPSA) is 41.6 Å². The number of rotatable bonds is 5. The van der Waals surface area contributed by atoms with Crippen LogP contribution in [0, 0.1) is 0 Å². The van der Waals surface area contributed by atoms with Crippen molar-refractivity contribution in [1.29, 1.82) is 0 Å². The van der Waals surface area contributed by atoms with Crippen LogP contribution >= 0.6 is 0 Å². The lowest BCUT2D eigenvalue weighted by Gasteiger charge is -2.26. The van der Waals surface area contributed by atoms with E-state index in [9.17, 15) is 4.79 Å². The molecule has 1 amide bonds. The molecule has 18 heavy (non-hydrogen) atoms. The van der Waals surface area contributed by atoms with E-state index < -0.39 is 5.60 Å². The van der Waals surface area contributed by atoms with Crippen molar-refractivity contribution in [2.45, 2.75) is 58.5 Å². The van der Waals surface area contributed by atoms with Crippen molar-refractivity contribution in [2.24, 2.45) is 0 Å². The molecule has 0 aliphatic carbocycles. The van der Waals surface area contributed by atoms with E-state index in [1.165, 1.54) is 32.4 Å². The minimum absolute atomic E-state index is 0.305. The number of ether oxygens (including phenoxy) is 1. The van der Waals surface area contributed by atoms with Crippen molar-refractivity contribution in [1.82, 2.24) is 10.2 Å². The summed E-state index contributed by atoms with van der Waals surface area (Å²) in [6.45, 7) is 10.0. The Labute approximate surface area is 111 Å². The van der Waals surface area contributed by atoms with E-state index in [4.69, 9.17) is 4.74 Å². The van der Waals surface area contributed by atoms with Gasteiger partial charge in [0, 0.05) is 6.54 Å². The van der Waals surface area contributed by atoms with Gasteiger partial charge in [-0.3, -0.25) is 0 Å². The van der Waals surface area contributed by atoms with Gasteiger partial charge in [-0.05, 0) is 66.1 Å². The maximum absolute atomic E-state index is 11.4. The van der Waals surface area contributed by atoms with Crippen LogP contribution in [0.4, 0.5) is 4.79 Å². The SMILES string of the molecule is CC(C)(C)OC(=O)NCCCCN1CCCCC1. The zero-order valence-electron chi connectivity index (χ0n) is 12.1. The molecule has 0 aromatic carbocycles. The minimum atomic E-state index is -0.405. The third kappa shape index (κ3) is 7.54. The van der Waals surface area contributed by atoms with E-state index in [1.807, 2.05) is 20.8 Å². The highest BCUT2D eigenvalue weighted by atomic mass is 16.6. The lowest BCUT2D eigenvalue weighted by atomic mass is 10.1. The number of hydrogen-bond donors (Lipinski definition) is 1. The van der Waals surface area contributed by atoms with Gasteiger partial charge in [-0.1, -0.05) is 6.42 Å². The highest BCUT2D eigenvalue weighted by Gasteiger charge is 2.15. The first-order valence-electron chi connectivity index (χ1n) is 7.16. The van der Waals surface area contributed by atoms with Crippen molar-refractivity contribution >= 4 is 6.09 Å². The van der Waals surface area contributed by atoms with Crippen molar-refractivity contribution in [3.05, 3.63) is 0 Å². The number of hydrogen-bond acceptors (Lipinski definition) is 3. The molecule has 1 heterocycles. The Morgan fingerprint density at radius 3 is 2.44 bits per heavy atom. The molecular formula is C14H28N2O2. The molecule has 4 nitrogen and oxygen atoms in total. The largest absolute Gasteiger partial charge is 0.444 e. The van der Waals surface area contributed by atoms with Gasteiger partial charge >= 0.3 is 6.09 Å². The molecule has 0 atom stereocenters. The summed E-state index contributed by atoms with van der Waals surface area (Å²) >= 11 is 0. The minimum Gasteiger partial charge on any atom is -0.444 e. The molecule has 0 aromatic heterocycles. The Balaban J connectivity index is 1.96. The summed E-state index contributed by atoms with van der Waals surface area (Å²) in [5, 5.41) is 2.80. The Morgan fingerprint density at radius 2 is 1.83 bits per heavy atom. The summed E-state index contributed by atoms with van der Waals surface area (Å²) in [4.78, 5) is 13.9. The molecule has 1 aliphatic heterocycles. The first-order valence-corrected chi connectivity index (χ1v) is 7.16. The maximum Gasteiger partial charge on any atom is 0.407 e. The van der Waals surface area contributed by atoms with Crippen LogP contribution in [0.5, 0.6) is 0 Å². The van der Waals surface area contributed by atoms with E-state index in [1.54, 1.807) is 0 Å². The average molecular weight is 256 g/mol. The predicted molar refractivity (Wildman–Crippen MR) is 73.8 cm³/mol. The Morgan fingerprint density at radius 1 is 1.17 bits per heavy atom. The van der Waals surface area contributed by atoms with Crippen LogP contribution in [0.25, 0.3) is 0 Å². The fraction of sp³-hybridized carbons (Fsp3) is 0.929. The summed E-state index contributed by atoms with van der Waals surface area (Å²) in [7, 11) is 0. The molecular weight excluding hydrogens is 228 g/mol. The van der Waals surface area contributed by atoms with Crippen molar-refractivity contribution in [3.8, 4) is 0 Å². The van der Waals surface area contributed by atoms with Crippen molar-refractivity contribution in [3.63, 3.8) is 0 Å². The number of nitrogens with zero attached hydrogens (tertiary/aromatic N) is 1. The standard InChI is InChI=1S/C14H28N2O2/c1-14(2,3)18-13(17)15-9-5-8-12-16-10-6-4-7-11-16/h4-12H2,1-3H3,(H,15,17). The molecule has 1 aliphatic rings. The number of carbonyl (C=O) groups excluding carboxylic acids is 1. The molecule has 0 spiro atoms. The molecule has 1 fully saturated rings. The average Bonchev–Trinajstić information content (AvgIpc) is 2.27. The van der Waals surface area contributed by atoms with Crippen LogP contribution in [-0.4, -0.2) is 42.8 Å². The summed E-state index contributed by atoms with van der Waals surface area (Å²) < 4.78 is 5.17. The second kappa shape index (κ2) is 7.62. The van der Waals surface area contributed by atoms with Crippen LogP contribution in [0.15, 0.2) is 0 Å². The van der Waals surface area contributed by atoms with Gasteiger partial charge in [-0.2, -0.15) is 0 Å². The quantitative estimate of drug-likeness (QED) is 0.769. The third-order valence-corrected chi connectivity index (χ3v) is 3.02. The lowest BCUT2D eigenvalue weighted by Crippen LogP contribution is -2.34. The van der Waals surface area contributed by atoms with Crippen molar-refractivity contribution in [2.75, 3.05) is 26.2 Å². The van der Waals surface area contributed by atoms with E-state index in [0.29, 0.717) is 6.54 Å². The molecule has 0 aromatic rings. The summed E-state index contributed by atoms with van der Waals surface area (Å²) in [5.74, 6) is 0. The summed E-state index contributed by atoms with van der Waals surface area (Å²) in [5.41, 5.74) is -0.405. The molecule has 4 heteroatoms. The summed E-state index contributed by atoms with van der Waals surface area (Å²) in [6, 6.07) is 0. The zero-order valence-corrected chi connectivity index (χ0v) is 12.1. The van der Waals surface area contributed by atoms with Gasteiger partial charge in [0.15, 0.2) is 0 Å². The highest BCUT2D eigenvalue weighted by molar-refractivity contribution is 5.67. The fourth-order valence-corrected chi connectivity index (χ4v) is 2.15. The Bertz CT molecular complexity index is 243.